The van der Waals surface area contributed by atoms with Crippen LogP contribution in [-0.4, -0.2) is 22.7 Å². The number of ether oxygens (including phenoxy) is 1. The summed E-state index contributed by atoms with van der Waals surface area (Å²) in [6.45, 7) is 0.473. The second-order valence-corrected chi connectivity index (χ2v) is 8.88. The number of thioether (sulfide) groups is 1. The smallest absolute Gasteiger partial charge is 0.293 e. The average molecular weight is 601 g/mol. The van der Waals surface area contributed by atoms with E-state index in [1.807, 2.05) is 42.5 Å². The van der Waals surface area contributed by atoms with Crippen LogP contribution in [0.3, 0.4) is 0 Å². The van der Waals surface area contributed by atoms with Gasteiger partial charge < -0.3 is 4.74 Å². The van der Waals surface area contributed by atoms with Gasteiger partial charge in [-0.25, -0.2) is 0 Å². The zero-order chi connectivity index (χ0) is 19.4. The lowest BCUT2D eigenvalue weighted by molar-refractivity contribution is -0.123. The predicted molar refractivity (Wildman–Crippen MR) is 124 cm³/mol. The van der Waals surface area contributed by atoms with Gasteiger partial charge >= 0.3 is 0 Å². The molecule has 0 saturated carbocycles. The highest BCUT2D eigenvalue weighted by Gasteiger charge is 2.35. The van der Waals surface area contributed by atoms with E-state index < -0.39 is 0 Å². The molecule has 1 aliphatic rings. The number of hydrogen-bond acceptors (Lipinski definition) is 4. The number of hydrogen-bond donors (Lipinski definition) is 0. The maximum atomic E-state index is 12.7. The fourth-order valence-corrected chi connectivity index (χ4v) is 5.43. The van der Waals surface area contributed by atoms with E-state index in [-0.39, 0.29) is 24.3 Å². The Morgan fingerprint density at radius 3 is 2.44 bits per heavy atom. The lowest BCUT2D eigenvalue weighted by Gasteiger charge is -2.12. The molecule has 0 radical (unpaired) electrons. The van der Waals surface area contributed by atoms with E-state index in [4.69, 9.17) is 11.2 Å². The lowest BCUT2D eigenvalue weighted by Crippen LogP contribution is -2.27. The highest BCUT2D eigenvalue weighted by molar-refractivity contribution is 14.1. The molecule has 0 aliphatic carbocycles. The number of nitrogens with zero attached hydrogens (tertiary/aromatic N) is 1. The number of halogens is 2. The van der Waals surface area contributed by atoms with Crippen molar-refractivity contribution in [3.8, 4) is 18.1 Å². The topological polar surface area (TPSA) is 46.6 Å². The molecular weight excluding hydrogens is 588 g/mol. The van der Waals surface area contributed by atoms with Crippen LogP contribution in [-0.2, 0) is 11.3 Å². The third-order valence-electron chi connectivity index (χ3n) is 3.68. The zero-order valence-corrected chi connectivity index (χ0v) is 19.1. The van der Waals surface area contributed by atoms with Crippen LogP contribution in [0.25, 0.3) is 6.08 Å². The van der Waals surface area contributed by atoms with Gasteiger partial charge in [-0.2, -0.15) is 0 Å². The number of amides is 2. The van der Waals surface area contributed by atoms with Gasteiger partial charge in [-0.1, -0.05) is 36.3 Å². The van der Waals surface area contributed by atoms with Crippen molar-refractivity contribution in [2.75, 3.05) is 6.61 Å². The van der Waals surface area contributed by atoms with Crippen LogP contribution in [0.1, 0.15) is 11.1 Å². The SMILES string of the molecule is C#CCOc1c(I)cc(/C=C2\SC(=O)N(Cc3ccccc3)C2=O)cc1I. The monoisotopic (exact) mass is 601 g/mol. The van der Waals surface area contributed by atoms with Crippen molar-refractivity contribution >= 4 is 74.2 Å². The summed E-state index contributed by atoms with van der Waals surface area (Å²) in [5.41, 5.74) is 1.75. The van der Waals surface area contributed by atoms with E-state index in [0.29, 0.717) is 4.91 Å². The number of carbonyl (C=O) groups is 2. The molecule has 7 heteroatoms. The maximum absolute atomic E-state index is 12.7. The summed E-state index contributed by atoms with van der Waals surface area (Å²) in [6, 6.07) is 13.3. The lowest BCUT2D eigenvalue weighted by atomic mass is 10.2. The molecule has 0 atom stereocenters. The van der Waals surface area contributed by atoms with Crippen LogP contribution in [0.2, 0.25) is 0 Å². The molecule has 0 aromatic heterocycles. The van der Waals surface area contributed by atoms with Crippen molar-refractivity contribution in [1.29, 1.82) is 0 Å². The first kappa shape index (κ1) is 20.2. The molecule has 1 heterocycles. The molecular formula is C20H13I2NO3S. The molecule has 136 valence electrons. The maximum Gasteiger partial charge on any atom is 0.293 e. The van der Waals surface area contributed by atoms with Crippen LogP contribution < -0.4 is 4.74 Å². The van der Waals surface area contributed by atoms with Gasteiger partial charge in [0.2, 0.25) is 0 Å². The van der Waals surface area contributed by atoms with Crippen molar-refractivity contribution in [3.05, 3.63) is 65.6 Å². The Balaban J connectivity index is 1.82. The summed E-state index contributed by atoms with van der Waals surface area (Å²) in [5.74, 6) is 2.90. The molecule has 0 bridgehead atoms. The molecule has 0 N–H and O–H groups in total. The van der Waals surface area contributed by atoms with Crippen LogP contribution in [0.4, 0.5) is 4.79 Å². The standard InChI is InChI=1S/C20H13I2NO3S/c1-2-8-26-18-15(21)9-14(10-16(18)22)11-17-19(24)23(20(25)27-17)12-13-6-4-3-5-7-13/h1,3-7,9-11H,8,12H2/b17-11-. The summed E-state index contributed by atoms with van der Waals surface area (Å²) in [4.78, 5) is 26.6. The molecule has 2 amide bonds. The molecule has 0 unspecified atom stereocenters. The first-order chi connectivity index (χ1) is 13.0. The Morgan fingerprint density at radius 2 is 1.81 bits per heavy atom. The fraction of sp³-hybridized carbons (Fsp3) is 0.100. The summed E-state index contributed by atoms with van der Waals surface area (Å²) in [6.07, 6.45) is 6.99. The molecule has 3 rings (SSSR count). The van der Waals surface area contributed by atoms with Gasteiger partial charge in [-0.3, -0.25) is 14.5 Å². The third-order valence-corrected chi connectivity index (χ3v) is 6.19. The molecule has 0 spiro atoms. The van der Waals surface area contributed by atoms with Crippen LogP contribution in [0.5, 0.6) is 5.75 Å². The molecule has 27 heavy (non-hydrogen) atoms. The van der Waals surface area contributed by atoms with Crippen molar-refractivity contribution in [2.45, 2.75) is 6.54 Å². The van der Waals surface area contributed by atoms with E-state index in [0.717, 1.165) is 35.8 Å². The van der Waals surface area contributed by atoms with Gasteiger partial charge in [0.15, 0.2) is 0 Å². The highest BCUT2D eigenvalue weighted by atomic mass is 127. The minimum atomic E-state index is -0.272. The summed E-state index contributed by atoms with van der Waals surface area (Å²) in [5, 5.41) is -0.256. The van der Waals surface area contributed by atoms with Crippen LogP contribution in [0, 0.1) is 19.5 Å². The number of carbonyl (C=O) groups excluding carboxylic acids is 2. The number of rotatable bonds is 5. The van der Waals surface area contributed by atoms with E-state index in [9.17, 15) is 9.59 Å². The van der Waals surface area contributed by atoms with Gasteiger partial charge in [0.05, 0.1) is 18.6 Å². The minimum absolute atomic E-state index is 0.198. The van der Waals surface area contributed by atoms with Crippen molar-refractivity contribution in [1.82, 2.24) is 4.90 Å². The van der Waals surface area contributed by atoms with Crippen molar-refractivity contribution in [3.63, 3.8) is 0 Å². The molecule has 2 aromatic carbocycles. The molecule has 1 aliphatic heterocycles. The third kappa shape index (κ3) is 4.86. The quantitative estimate of drug-likeness (QED) is 0.271. The second-order valence-electron chi connectivity index (χ2n) is 5.56. The van der Waals surface area contributed by atoms with Gasteiger partial charge in [0.1, 0.15) is 12.4 Å². The predicted octanol–water partition coefficient (Wildman–Crippen LogP) is 5.14. The first-order valence-corrected chi connectivity index (χ1v) is 10.8. The van der Waals surface area contributed by atoms with Crippen molar-refractivity contribution in [2.24, 2.45) is 0 Å². The molecule has 2 aromatic rings. The van der Waals surface area contributed by atoms with Gasteiger partial charge in [0, 0.05) is 0 Å². The van der Waals surface area contributed by atoms with Gasteiger partial charge in [-0.05, 0) is 86.3 Å². The van der Waals surface area contributed by atoms with E-state index in [2.05, 4.69) is 51.1 Å². The average Bonchev–Trinajstić information content (AvgIpc) is 2.89. The van der Waals surface area contributed by atoms with Crippen LogP contribution >= 0.6 is 56.9 Å². The van der Waals surface area contributed by atoms with E-state index in [1.165, 1.54) is 4.90 Å². The number of imide groups is 1. The zero-order valence-electron chi connectivity index (χ0n) is 13.9. The minimum Gasteiger partial charge on any atom is -0.479 e. The van der Waals surface area contributed by atoms with E-state index >= 15 is 0 Å². The first-order valence-electron chi connectivity index (χ1n) is 7.84. The number of benzene rings is 2. The van der Waals surface area contributed by atoms with Crippen LogP contribution in [0.15, 0.2) is 47.4 Å². The van der Waals surface area contributed by atoms with E-state index in [1.54, 1.807) is 6.08 Å². The van der Waals surface area contributed by atoms with Gasteiger partial charge in [0.25, 0.3) is 11.1 Å². The largest absolute Gasteiger partial charge is 0.479 e. The Hall–Kier alpha value is -1.51. The molecule has 1 saturated heterocycles. The molecule has 4 nitrogen and oxygen atoms in total. The Kier molecular flexibility index (Phi) is 6.83. The van der Waals surface area contributed by atoms with Gasteiger partial charge in [-0.15, -0.1) is 6.42 Å². The molecule has 1 fully saturated rings. The Morgan fingerprint density at radius 1 is 1.15 bits per heavy atom. The van der Waals surface area contributed by atoms with Crippen molar-refractivity contribution < 1.29 is 14.3 Å². The Labute approximate surface area is 189 Å². The number of terminal acetylenes is 1. The normalized spacial score (nSPS) is 15.3. The highest BCUT2D eigenvalue weighted by Crippen LogP contribution is 2.35. The Bertz CT molecular complexity index is 944. The fourth-order valence-electron chi connectivity index (χ4n) is 2.47. The summed E-state index contributed by atoms with van der Waals surface area (Å²) < 4.78 is 7.34. The summed E-state index contributed by atoms with van der Waals surface area (Å²) in [7, 11) is 0. The summed E-state index contributed by atoms with van der Waals surface area (Å²) >= 11 is 5.30. The second kappa shape index (κ2) is 9.12.